The van der Waals surface area contributed by atoms with Gasteiger partial charge in [-0.2, -0.15) is 0 Å². The van der Waals surface area contributed by atoms with Crippen molar-refractivity contribution >= 4 is 57.6 Å². The summed E-state index contributed by atoms with van der Waals surface area (Å²) in [6.45, 7) is 0.624. The van der Waals surface area contributed by atoms with Gasteiger partial charge in [-0.25, -0.2) is 9.78 Å². The molecule has 0 radical (unpaired) electrons. The van der Waals surface area contributed by atoms with Crippen molar-refractivity contribution in [2.45, 2.75) is 17.8 Å². The molecule has 4 rings (SSSR count). The van der Waals surface area contributed by atoms with E-state index in [4.69, 9.17) is 17.0 Å². The molecule has 4 N–H and O–H groups in total. The second-order valence-corrected chi connectivity index (χ2v) is 9.58. The van der Waals surface area contributed by atoms with Crippen LogP contribution < -0.4 is 11.1 Å². The van der Waals surface area contributed by atoms with Crippen LogP contribution in [0.1, 0.15) is 12.1 Å². The molecule has 0 aliphatic carbocycles. The number of nitrogens with two attached hydrogens (primary N) is 1. The minimum atomic E-state index is -1.30. The first-order valence-corrected chi connectivity index (χ1v) is 12.2. The highest BCUT2D eigenvalue weighted by molar-refractivity contribution is 8.00. The van der Waals surface area contributed by atoms with Crippen molar-refractivity contribution < 1.29 is 29.1 Å². The molecular weight excluding hydrogens is 496 g/mol. The molecule has 3 aliphatic rings. The van der Waals surface area contributed by atoms with Crippen LogP contribution in [0.25, 0.3) is 0 Å². The lowest BCUT2D eigenvalue weighted by molar-refractivity contribution is -0.150. The Morgan fingerprint density at radius 1 is 1.49 bits per heavy atom. The molecule has 0 saturated carbocycles. The van der Waals surface area contributed by atoms with Crippen LogP contribution in [0.5, 0.6) is 0 Å². The van der Waals surface area contributed by atoms with E-state index >= 15 is 0 Å². The number of allylic oxidation sites excluding steroid dienone is 1. The van der Waals surface area contributed by atoms with Gasteiger partial charge < -0.3 is 25.9 Å². The summed E-state index contributed by atoms with van der Waals surface area (Å²) >= 11 is 2.39. The number of β-lactam (4-membered cyclic amide) rings is 1. The van der Waals surface area contributed by atoms with Crippen LogP contribution in [-0.4, -0.2) is 86.7 Å². The van der Waals surface area contributed by atoms with Gasteiger partial charge in [0.2, 0.25) is 0 Å². The van der Waals surface area contributed by atoms with Gasteiger partial charge in [-0.3, -0.25) is 19.3 Å². The van der Waals surface area contributed by atoms with Crippen molar-refractivity contribution in [3.05, 3.63) is 34.0 Å². The fraction of sp³-hybridized carbons (Fsp3) is 0.333. The maximum Gasteiger partial charge on any atom is 0.352 e. The van der Waals surface area contributed by atoms with Crippen molar-refractivity contribution in [1.29, 1.82) is 0 Å². The lowest BCUT2D eigenvalue weighted by atomic mass is 10.0. The summed E-state index contributed by atoms with van der Waals surface area (Å²) < 4.78 is 0. The van der Waals surface area contributed by atoms with Gasteiger partial charge in [0.05, 0.1) is 6.54 Å². The number of thioether (sulfide) groups is 1. The van der Waals surface area contributed by atoms with Gasteiger partial charge in [0.15, 0.2) is 10.8 Å². The number of aliphatic carboxylic acids is 1. The van der Waals surface area contributed by atoms with Crippen molar-refractivity contribution in [3.8, 4) is 12.3 Å². The van der Waals surface area contributed by atoms with E-state index in [2.05, 4.69) is 21.4 Å². The third-order valence-corrected chi connectivity index (χ3v) is 7.47. The number of terminal acetylenes is 1. The molecule has 35 heavy (non-hydrogen) atoms. The summed E-state index contributed by atoms with van der Waals surface area (Å²) in [5.74, 6) is -0.203. The Bertz CT molecular complexity index is 1250. The van der Waals surface area contributed by atoms with E-state index in [0.717, 1.165) is 16.2 Å². The number of rotatable bonds is 7. The topological polar surface area (TPSA) is 168 Å². The summed E-state index contributed by atoms with van der Waals surface area (Å²) in [4.78, 5) is 61.7. The number of carboxylic acid groups (broad SMARTS) is 1. The molecule has 12 nitrogen and oxygen atoms in total. The minimum absolute atomic E-state index is 0.164. The molecule has 0 aromatic carbocycles. The van der Waals surface area contributed by atoms with E-state index < -0.39 is 29.2 Å². The standard InChI is InChI=1S/C21H20N6O6S2/c1-3-5-26-6-4-10(17(26)29)7-11-8-34-19-14(18(30)27(19)15(11)20(31)32)24-16(28)13(25-33-2)12-9-35-21(22)23-12/h1,7,9,14,19H,4-6,8H2,2H3,(H2,22,23)(H,24,28)(H,31,32)/b10-7?,25-13-/t14-,19-/m1/s1. The highest BCUT2D eigenvalue weighted by atomic mass is 32.2. The molecule has 1 aromatic rings. The fourth-order valence-electron chi connectivity index (χ4n) is 3.93. The highest BCUT2D eigenvalue weighted by Gasteiger charge is 2.54. The van der Waals surface area contributed by atoms with E-state index in [1.54, 1.807) is 0 Å². The normalized spacial score (nSPS) is 23.2. The van der Waals surface area contributed by atoms with Gasteiger partial charge in [-0.15, -0.1) is 29.5 Å². The first-order chi connectivity index (χ1) is 16.8. The zero-order valence-corrected chi connectivity index (χ0v) is 20.0. The zero-order valence-electron chi connectivity index (χ0n) is 18.4. The van der Waals surface area contributed by atoms with Gasteiger partial charge in [0, 0.05) is 23.3 Å². The molecule has 0 spiro atoms. The van der Waals surface area contributed by atoms with Gasteiger partial charge >= 0.3 is 5.97 Å². The van der Waals surface area contributed by atoms with E-state index in [1.807, 2.05) is 0 Å². The van der Waals surface area contributed by atoms with E-state index in [-0.39, 0.29) is 40.4 Å². The summed E-state index contributed by atoms with van der Waals surface area (Å²) in [7, 11) is 1.26. The Morgan fingerprint density at radius 3 is 2.89 bits per heavy atom. The van der Waals surface area contributed by atoms with Crippen LogP contribution >= 0.6 is 23.1 Å². The first-order valence-electron chi connectivity index (χ1n) is 10.2. The number of nitrogens with zero attached hydrogens (tertiary/aromatic N) is 4. The lowest BCUT2D eigenvalue weighted by Crippen LogP contribution is -2.71. The van der Waals surface area contributed by atoms with Crippen molar-refractivity contribution in [1.82, 2.24) is 20.1 Å². The number of carboxylic acids is 1. The number of nitrogens with one attached hydrogen (secondary N) is 1. The molecule has 3 amide bonds. The number of carbonyl (C=O) groups is 4. The molecule has 4 heterocycles. The number of anilines is 1. The maximum absolute atomic E-state index is 12.9. The third kappa shape index (κ3) is 4.47. The van der Waals surface area contributed by atoms with Crippen molar-refractivity contribution in [2.75, 3.05) is 31.7 Å². The maximum atomic E-state index is 12.9. The SMILES string of the molecule is C#CCN1CCC(=CC2=C(C(=O)O)N3C(=O)[C@@H](NC(=O)/C(=N\OC)c4csc(N)n4)[C@H]3SC2)C1=O. The third-order valence-electron chi connectivity index (χ3n) is 5.49. The number of likely N-dealkylation sites (tertiary alicyclic amines) is 1. The van der Waals surface area contributed by atoms with Gasteiger partial charge in [-0.05, 0) is 18.1 Å². The predicted octanol–water partition coefficient (Wildman–Crippen LogP) is -0.394. The molecule has 2 fully saturated rings. The number of thiazole rings is 1. The van der Waals surface area contributed by atoms with E-state index in [9.17, 15) is 24.3 Å². The Balaban J connectivity index is 1.54. The fourth-order valence-corrected chi connectivity index (χ4v) is 5.78. The van der Waals surface area contributed by atoms with E-state index in [1.165, 1.54) is 35.2 Å². The molecule has 3 aliphatic heterocycles. The number of nitrogen functional groups attached to an aromatic ring is 1. The average molecular weight is 517 g/mol. The van der Waals surface area contributed by atoms with Crippen molar-refractivity contribution in [2.24, 2.45) is 5.16 Å². The predicted molar refractivity (Wildman–Crippen MR) is 128 cm³/mol. The minimum Gasteiger partial charge on any atom is -0.477 e. The van der Waals surface area contributed by atoms with Crippen molar-refractivity contribution in [3.63, 3.8) is 0 Å². The smallest absolute Gasteiger partial charge is 0.352 e. The molecular formula is C21H20N6O6S2. The number of oxime groups is 1. The van der Waals surface area contributed by atoms with Gasteiger partial charge in [0.1, 0.15) is 29.9 Å². The van der Waals surface area contributed by atoms with E-state index in [0.29, 0.717) is 24.1 Å². The number of amides is 3. The molecule has 14 heteroatoms. The van der Waals surface area contributed by atoms with Crippen LogP contribution in [-0.2, 0) is 24.0 Å². The lowest BCUT2D eigenvalue weighted by Gasteiger charge is -2.49. The number of carbonyl (C=O) groups excluding carboxylic acids is 3. The van der Waals surface area contributed by atoms with Crippen LogP contribution in [0.15, 0.2) is 33.5 Å². The summed E-state index contributed by atoms with van der Waals surface area (Å²) in [6.07, 6.45) is 7.24. The second-order valence-electron chi connectivity index (χ2n) is 7.58. The van der Waals surface area contributed by atoms with Crippen LogP contribution in [0, 0.1) is 12.3 Å². The molecule has 0 bridgehead atoms. The molecule has 0 unspecified atom stereocenters. The first kappa shape index (κ1) is 24.3. The molecule has 1 aromatic heterocycles. The Hall–Kier alpha value is -3.83. The van der Waals surface area contributed by atoms with Crippen LogP contribution in [0.3, 0.4) is 0 Å². The number of hydrogen-bond acceptors (Lipinski definition) is 10. The molecule has 2 saturated heterocycles. The van der Waals surface area contributed by atoms with Gasteiger partial charge in [0.25, 0.3) is 17.7 Å². The zero-order chi connectivity index (χ0) is 25.3. The molecule has 182 valence electrons. The highest BCUT2D eigenvalue weighted by Crippen LogP contribution is 2.41. The quantitative estimate of drug-likeness (QED) is 0.144. The van der Waals surface area contributed by atoms with Crippen LogP contribution in [0.2, 0.25) is 0 Å². The summed E-state index contributed by atoms with van der Waals surface area (Å²) in [5, 5.41) is 17.2. The number of hydrogen-bond donors (Lipinski definition) is 3. The second kappa shape index (κ2) is 9.80. The van der Waals surface area contributed by atoms with Gasteiger partial charge in [-0.1, -0.05) is 11.1 Å². The Kier molecular flexibility index (Phi) is 6.81. The number of aromatic nitrogens is 1. The Morgan fingerprint density at radius 2 is 2.26 bits per heavy atom. The number of fused-ring (bicyclic) bond motifs is 1. The monoisotopic (exact) mass is 516 g/mol. The summed E-state index contributed by atoms with van der Waals surface area (Å²) in [5.41, 5.74) is 6.23. The van der Waals surface area contributed by atoms with Crippen LogP contribution in [0.4, 0.5) is 5.13 Å². The molecule has 2 atom stereocenters. The Labute approximate surface area is 207 Å². The average Bonchev–Trinajstić information content (AvgIpc) is 3.41. The summed E-state index contributed by atoms with van der Waals surface area (Å²) in [6, 6.07) is -0.978. The largest absolute Gasteiger partial charge is 0.477 e.